The summed E-state index contributed by atoms with van der Waals surface area (Å²) in [6.07, 6.45) is 2.01. The van der Waals surface area contributed by atoms with Gasteiger partial charge in [0.2, 0.25) is 47.3 Å². The molecule has 2 rings (SSSR count). The Balaban J connectivity index is 3.03. The van der Waals surface area contributed by atoms with Gasteiger partial charge < -0.3 is 50.0 Å². The number of benzene rings is 1. The van der Waals surface area contributed by atoms with Crippen molar-refractivity contribution < 1.29 is 62.6 Å². The largest absolute Gasteiger partial charge is 0.390 e. The third-order valence-corrected chi connectivity index (χ3v) is 18.5. The highest BCUT2D eigenvalue weighted by Crippen LogP contribution is 2.30. The molecule has 0 bridgehead atoms. The van der Waals surface area contributed by atoms with E-state index in [-0.39, 0.29) is 105 Å². The van der Waals surface area contributed by atoms with E-state index in [2.05, 4.69) is 17.2 Å². The lowest BCUT2D eigenvalue weighted by Crippen LogP contribution is -2.63. The molecule has 95 heavy (non-hydrogen) atoms. The van der Waals surface area contributed by atoms with E-state index in [1.165, 1.54) is 80.8 Å². The Morgan fingerprint density at radius 3 is 1.44 bits per heavy atom. The number of nitrogens with one attached hydrogen (secondary N) is 2. The van der Waals surface area contributed by atoms with E-state index in [4.69, 9.17) is 0 Å². The van der Waals surface area contributed by atoms with Gasteiger partial charge in [0.1, 0.15) is 41.7 Å². The number of allylic oxidation sites excluding steroid dienone is 1. The third kappa shape index (κ3) is 23.6. The van der Waals surface area contributed by atoms with Crippen molar-refractivity contribution in [2.75, 3.05) is 54.7 Å². The Kier molecular flexibility index (Phi) is 33.6. The van der Waals surface area contributed by atoms with Crippen LogP contribution in [0, 0.1) is 59.2 Å². The monoisotopic (exact) mass is 1330 g/mol. The highest BCUT2D eigenvalue weighted by molar-refractivity contribution is 6.03. The van der Waals surface area contributed by atoms with Crippen molar-refractivity contribution in [3.63, 3.8) is 0 Å². The summed E-state index contributed by atoms with van der Waals surface area (Å²) in [5, 5.41) is 18.0. The van der Waals surface area contributed by atoms with E-state index in [1.807, 2.05) is 55.4 Å². The first-order valence-electron chi connectivity index (χ1n) is 34.1. The maximum atomic E-state index is 15.4. The molecule has 0 aliphatic carbocycles. The molecule has 12 atom stereocenters. The second kappa shape index (κ2) is 38.0. The van der Waals surface area contributed by atoms with Gasteiger partial charge in [0, 0.05) is 99.0 Å². The third-order valence-electron chi connectivity index (χ3n) is 18.5. The van der Waals surface area contributed by atoms with Crippen LogP contribution in [0.3, 0.4) is 0 Å². The molecule has 534 valence electrons. The second-order valence-electron chi connectivity index (χ2n) is 29.3. The number of likely N-dealkylation sites (N-methyl/N-ethyl adjacent to an activating group) is 7. The van der Waals surface area contributed by atoms with E-state index in [0.717, 1.165) is 15.4 Å². The first-order valence-corrected chi connectivity index (χ1v) is 34.1. The van der Waals surface area contributed by atoms with E-state index in [9.17, 15) is 43.5 Å². The molecule has 1 fully saturated rings. The van der Waals surface area contributed by atoms with Gasteiger partial charge in [-0.15, -0.1) is 0 Å². The zero-order chi connectivity index (χ0) is 73.1. The van der Waals surface area contributed by atoms with Crippen LogP contribution in [0.25, 0.3) is 6.08 Å². The lowest BCUT2D eigenvalue weighted by atomic mass is 9.84. The smallest absolute Gasteiger partial charge is 0.270 e. The number of amides is 9. The summed E-state index contributed by atoms with van der Waals surface area (Å²) in [6, 6.07) is -1.72. The van der Waals surface area contributed by atoms with E-state index >= 15 is 19.2 Å². The Morgan fingerprint density at radius 1 is 0.547 bits per heavy atom. The number of ketones is 3. The van der Waals surface area contributed by atoms with E-state index < -0.39 is 137 Å². The number of anilines is 1. The molecule has 0 unspecified atom stereocenters. The summed E-state index contributed by atoms with van der Waals surface area (Å²) in [6.45, 7) is 34.0. The molecule has 9 amide bonds. The minimum Gasteiger partial charge on any atom is -0.390 e. The normalized spacial score (nSPS) is 25.5. The number of hydrogen-bond donors (Lipinski definition) is 3. The van der Waals surface area contributed by atoms with Crippen LogP contribution >= 0.6 is 0 Å². The maximum absolute atomic E-state index is 15.4. The SMILES string of the molecule is C=C1C(=O)N(C)[C@@H](CC(C)C)C(=O)C[C@@H](C(C)C)C(=O)N(C)[C@@H](CC(C)C)C(=O)C[C@@H](C)C(=O)C[C@H](C)C(=O)N(C)[C@@H](CC(C)C)C(=O)N(C)[C@@H](CC(C)C)C(=O)N(C)[C@@H](C(C)C)C(=O)N(C)[C@@H]([C@H](O)[C@H](C)C/C=C/c2ccc(NC(C)=O)cc2)C(=O)N[C@@H](CC)C(=O)N1C. The number of aliphatic hydroxyl groups is 1. The number of Topliss-reactive ketones (excluding diaryl/α,β-unsaturated/α-hetero) is 3. The Morgan fingerprint density at radius 2 is 0.979 bits per heavy atom. The molecule has 0 aromatic heterocycles. The number of carbonyl (C=O) groups excluding carboxylic acids is 12. The highest BCUT2D eigenvalue weighted by atomic mass is 16.3. The van der Waals surface area contributed by atoms with Gasteiger partial charge in [0.15, 0.2) is 11.6 Å². The Bertz CT molecular complexity index is 2880. The van der Waals surface area contributed by atoms with Crippen LogP contribution in [0.5, 0.6) is 0 Å². The van der Waals surface area contributed by atoms with E-state index in [1.54, 1.807) is 91.8 Å². The summed E-state index contributed by atoms with van der Waals surface area (Å²) < 4.78 is 0. The molecular weight excluding hydrogens is 1210 g/mol. The van der Waals surface area contributed by atoms with Crippen LogP contribution in [0.15, 0.2) is 42.6 Å². The molecule has 0 radical (unpaired) electrons. The first-order chi connectivity index (χ1) is 43.9. The fraction of sp³-hybridized carbons (Fsp3) is 0.699. The summed E-state index contributed by atoms with van der Waals surface area (Å²) in [5.74, 6) is -12.0. The average molecular weight is 1330 g/mol. The number of rotatable bonds is 17. The fourth-order valence-electron chi connectivity index (χ4n) is 12.4. The predicted molar refractivity (Wildman–Crippen MR) is 371 cm³/mol. The van der Waals surface area contributed by atoms with Crippen molar-refractivity contribution in [2.24, 2.45) is 59.2 Å². The minimum absolute atomic E-state index is 0.0453. The maximum Gasteiger partial charge on any atom is 0.270 e. The fourth-order valence-corrected chi connectivity index (χ4v) is 12.4. The number of aliphatic hydroxyl groups excluding tert-OH is 1. The van der Waals surface area contributed by atoms with Gasteiger partial charge in [0.05, 0.1) is 18.2 Å². The lowest BCUT2D eigenvalue weighted by Gasteiger charge is -2.41. The van der Waals surface area contributed by atoms with Crippen molar-refractivity contribution in [2.45, 2.75) is 224 Å². The van der Waals surface area contributed by atoms with Gasteiger partial charge in [-0.2, -0.15) is 0 Å². The van der Waals surface area contributed by atoms with Crippen LogP contribution < -0.4 is 10.6 Å². The molecule has 1 heterocycles. The van der Waals surface area contributed by atoms with Crippen LogP contribution in [0.1, 0.15) is 181 Å². The summed E-state index contributed by atoms with van der Waals surface area (Å²) in [5.41, 5.74) is 1.02. The zero-order valence-corrected chi connectivity index (χ0v) is 61.9. The van der Waals surface area contributed by atoms with Gasteiger partial charge in [-0.3, -0.25) is 57.5 Å². The number of nitrogens with zero attached hydrogens (tertiary/aromatic N) is 7. The van der Waals surface area contributed by atoms with Gasteiger partial charge >= 0.3 is 0 Å². The van der Waals surface area contributed by atoms with Crippen molar-refractivity contribution in [3.05, 3.63) is 48.2 Å². The van der Waals surface area contributed by atoms with E-state index in [0.29, 0.717) is 5.69 Å². The molecule has 1 aliphatic rings. The second-order valence-corrected chi connectivity index (χ2v) is 29.3. The molecule has 3 N–H and O–H groups in total. The number of hydrogen-bond acceptors (Lipinski definition) is 13. The van der Waals surface area contributed by atoms with Crippen LogP contribution in [0.4, 0.5) is 5.69 Å². The lowest BCUT2D eigenvalue weighted by molar-refractivity contribution is -0.157. The molecule has 0 spiro atoms. The highest BCUT2D eigenvalue weighted by Gasteiger charge is 2.46. The van der Waals surface area contributed by atoms with Crippen molar-refractivity contribution in [3.8, 4) is 0 Å². The van der Waals surface area contributed by atoms with Crippen molar-refractivity contribution >= 4 is 82.3 Å². The zero-order valence-electron chi connectivity index (χ0n) is 61.9. The Hall–Kier alpha value is -7.10. The molecular formula is C73H119N9O13. The van der Waals surface area contributed by atoms with Crippen molar-refractivity contribution in [1.29, 1.82) is 0 Å². The molecule has 1 saturated heterocycles. The molecule has 0 saturated carbocycles. The standard InChI is InChI=1S/C73H119N9O13/c1-26-55-70(92)76(19)50(17)68(90)77(20)57(35-42(4)5)62(86)40-54(45(10)11)69(91)78(21)56(34-41(2)3)61(85)38-48(15)60(84)39-49(16)67(89)79(22)58(36-43(6)7)71(93)80(23)59(37-44(8)9)72(94)81(24)63(46(12)13)73(95)82(25)64(66(88)75-55)65(87)47(14)28-27-29-52-30-32-53(33-31-52)74-51(18)83/h27,29-33,41-49,54-59,63-65,87H,17,26,28,34-40H2,1-16,18-25H3,(H,74,83)(H,75,88)/b29-27+/t47-,48-,49+,54+,55+,56+,57+,58+,59+,63+,64+,65-/m1/s1. The quantitative estimate of drug-likeness (QED) is 0.124. The Labute approximate surface area is 568 Å². The molecule has 1 aromatic rings. The van der Waals surface area contributed by atoms with Crippen LogP contribution in [-0.2, 0) is 57.5 Å². The molecule has 1 aliphatic heterocycles. The van der Waals surface area contributed by atoms with Crippen LogP contribution in [-0.4, -0.2) is 208 Å². The number of carbonyl (C=O) groups is 12. The summed E-state index contributed by atoms with van der Waals surface area (Å²) in [4.78, 5) is 183. The van der Waals surface area contributed by atoms with Crippen LogP contribution in [0.2, 0.25) is 0 Å². The molecule has 22 heteroatoms. The van der Waals surface area contributed by atoms with Gasteiger partial charge in [-0.1, -0.05) is 142 Å². The molecule has 22 nitrogen and oxygen atoms in total. The van der Waals surface area contributed by atoms with Crippen molar-refractivity contribution in [1.82, 2.24) is 39.6 Å². The summed E-state index contributed by atoms with van der Waals surface area (Å²) in [7, 11) is 9.97. The predicted octanol–water partition coefficient (Wildman–Crippen LogP) is 8.15. The topological polar surface area (TPSA) is 272 Å². The first kappa shape index (κ1) is 84.0. The van der Waals surface area contributed by atoms with Gasteiger partial charge in [0.25, 0.3) is 5.91 Å². The molecule has 1 aromatic carbocycles. The minimum atomic E-state index is -1.71. The van der Waals surface area contributed by atoms with Gasteiger partial charge in [-0.05, 0) is 97.6 Å². The average Bonchev–Trinajstić information content (AvgIpc) is 0.809. The summed E-state index contributed by atoms with van der Waals surface area (Å²) >= 11 is 0. The van der Waals surface area contributed by atoms with Gasteiger partial charge in [-0.25, -0.2) is 0 Å².